The van der Waals surface area contributed by atoms with Crippen molar-refractivity contribution in [2.45, 2.75) is 13.8 Å². The molecule has 0 aliphatic carbocycles. The first kappa shape index (κ1) is 17.3. The van der Waals surface area contributed by atoms with Gasteiger partial charge in [0.25, 0.3) is 0 Å². The van der Waals surface area contributed by atoms with E-state index in [1.54, 1.807) is 0 Å². The summed E-state index contributed by atoms with van der Waals surface area (Å²) in [4.78, 5) is 20.9. The molecular formula is C6H11NaO7S. The van der Waals surface area contributed by atoms with Gasteiger partial charge in [-0.05, 0) is 6.92 Å². The quantitative estimate of drug-likeness (QED) is 0.369. The van der Waals surface area contributed by atoms with E-state index in [4.69, 9.17) is 0 Å². The van der Waals surface area contributed by atoms with Crippen LogP contribution in [0.5, 0.6) is 0 Å². The number of esters is 1. The van der Waals surface area contributed by atoms with Crippen LogP contribution in [-0.2, 0) is 33.1 Å². The van der Waals surface area contributed by atoms with E-state index in [-0.39, 0.29) is 37.6 Å². The molecule has 0 spiro atoms. The average Bonchev–Trinajstić information content (AvgIpc) is 1.99. The molecule has 9 heteroatoms. The summed E-state index contributed by atoms with van der Waals surface area (Å²) in [5.41, 5.74) is 0. The number of hydrogen-bond acceptors (Lipinski definition) is 7. The monoisotopic (exact) mass is 250 g/mol. The van der Waals surface area contributed by atoms with Gasteiger partial charge in [0.1, 0.15) is 0 Å². The Morgan fingerprint density at radius 3 is 2.27 bits per heavy atom. The largest absolute Gasteiger partial charge is 1.00 e. The van der Waals surface area contributed by atoms with E-state index >= 15 is 0 Å². The zero-order valence-corrected chi connectivity index (χ0v) is 11.5. The van der Waals surface area contributed by atoms with Gasteiger partial charge in [0.15, 0.2) is 6.61 Å². The van der Waals surface area contributed by atoms with Gasteiger partial charge in [-0.2, -0.15) is 8.42 Å². The molecule has 0 aliphatic rings. The summed E-state index contributed by atoms with van der Waals surface area (Å²) in [6.07, 6.45) is 0. The second kappa shape index (κ2) is 8.05. The normalized spacial score (nSPS) is 10.0. The standard InChI is InChI=1S/C6H10O7S.Na.H/c1-3-12-14(9,10)13-6(8)4-11-5(2)7;;/h3-4H2,1-2H3;;/q;+1;-1. The molecule has 0 rings (SSSR count). The van der Waals surface area contributed by atoms with Crippen LogP contribution in [0.25, 0.3) is 0 Å². The Morgan fingerprint density at radius 2 is 1.87 bits per heavy atom. The SMILES string of the molecule is CCOS(=O)(=O)OC(=O)COC(C)=O.[H-].[Na+]. The Hall–Kier alpha value is -0.150. The fourth-order valence-electron chi connectivity index (χ4n) is 0.467. The molecule has 0 aromatic rings. The van der Waals surface area contributed by atoms with Crippen LogP contribution in [0.3, 0.4) is 0 Å². The molecule has 0 aromatic carbocycles. The van der Waals surface area contributed by atoms with Crippen LogP contribution < -0.4 is 29.6 Å². The second-order valence-corrected chi connectivity index (χ2v) is 3.27. The zero-order valence-electron chi connectivity index (χ0n) is 9.68. The molecule has 15 heavy (non-hydrogen) atoms. The summed E-state index contributed by atoms with van der Waals surface area (Å²) in [6, 6.07) is 0. The van der Waals surface area contributed by atoms with Crippen LogP contribution in [0, 0.1) is 0 Å². The molecule has 0 fully saturated rings. The Morgan fingerprint density at radius 1 is 1.33 bits per heavy atom. The van der Waals surface area contributed by atoms with Gasteiger partial charge >= 0.3 is 51.9 Å². The number of carbonyl (C=O) groups is 2. The molecule has 0 aromatic heterocycles. The molecule has 7 nitrogen and oxygen atoms in total. The minimum absolute atomic E-state index is 0. The topological polar surface area (TPSA) is 96.0 Å². The molecule has 0 N–H and O–H groups in total. The van der Waals surface area contributed by atoms with Gasteiger partial charge in [0.2, 0.25) is 0 Å². The molecule has 0 radical (unpaired) electrons. The third kappa shape index (κ3) is 10.1. The summed E-state index contributed by atoms with van der Waals surface area (Å²) in [5.74, 6) is -1.93. The maximum Gasteiger partial charge on any atom is 1.00 e. The van der Waals surface area contributed by atoms with Crippen molar-refractivity contribution in [2.24, 2.45) is 0 Å². The summed E-state index contributed by atoms with van der Waals surface area (Å²) in [5, 5.41) is 0. The van der Waals surface area contributed by atoms with Crippen molar-refractivity contribution in [1.82, 2.24) is 0 Å². The molecule has 0 bridgehead atoms. The predicted molar refractivity (Wildman–Crippen MR) is 44.4 cm³/mol. The van der Waals surface area contributed by atoms with Crippen molar-refractivity contribution >= 4 is 22.3 Å². The molecule has 0 aliphatic heterocycles. The van der Waals surface area contributed by atoms with Gasteiger partial charge in [-0.15, -0.1) is 0 Å². The van der Waals surface area contributed by atoms with Crippen LogP contribution in [-0.4, -0.2) is 33.6 Å². The summed E-state index contributed by atoms with van der Waals surface area (Å²) >= 11 is 0. The van der Waals surface area contributed by atoms with E-state index in [1.807, 2.05) is 0 Å². The fraction of sp³-hybridized carbons (Fsp3) is 0.667. The Bertz CT molecular complexity index is 315. The predicted octanol–water partition coefficient (Wildman–Crippen LogP) is -3.51. The molecule has 0 atom stereocenters. The van der Waals surface area contributed by atoms with Crippen molar-refractivity contribution in [3.8, 4) is 0 Å². The van der Waals surface area contributed by atoms with E-state index in [0.717, 1.165) is 6.92 Å². The zero-order chi connectivity index (χ0) is 11.2. The Balaban J connectivity index is -0.000000845. The molecular weight excluding hydrogens is 239 g/mol. The van der Waals surface area contributed by atoms with E-state index in [0.29, 0.717) is 0 Å². The van der Waals surface area contributed by atoms with Gasteiger partial charge in [-0.3, -0.25) is 4.79 Å². The second-order valence-electron chi connectivity index (χ2n) is 2.05. The Kier molecular flexibility index (Phi) is 9.26. The molecule has 84 valence electrons. The average molecular weight is 250 g/mol. The van der Waals surface area contributed by atoms with Gasteiger partial charge < -0.3 is 10.3 Å². The minimum Gasteiger partial charge on any atom is -1.00 e. The minimum atomic E-state index is -4.32. The van der Waals surface area contributed by atoms with Crippen LogP contribution in [0.15, 0.2) is 0 Å². The third-order valence-electron chi connectivity index (χ3n) is 0.850. The van der Waals surface area contributed by atoms with Crippen LogP contribution in [0.1, 0.15) is 15.3 Å². The first-order valence-corrected chi connectivity index (χ1v) is 4.95. The fourth-order valence-corrected chi connectivity index (χ4v) is 1.08. The van der Waals surface area contributed by atoms with Gasteiger partial charge in [-0.25, -0.2) is 8.98 Å². The van der Waals surface area contributed by atoms with Crippen molar-refractivity contribution in [3.05, 3.63) is 0 Å². The summed E-state index contributed by atoms with van der Waals surface area (Å²) in [7, 11) is -4.32. The van der Waals surface area contributed by atoms with E-state index < -0.39 is 28.9 Å². The van der Waals surface area contributed by atoms with E-state index in [2.05, 4.69) is 13.1 Å². The summed E-state index contributed by atoms with van der Waals surface area (Å²) in [6.45, 7) is 1.58. The van der Waals surface area contributed by atoms with Crippen molar-refractivity contribution in [1.29, 1.82) is 0 Å². The number of rotatable bonds is 5. The number of carbonyl (C=O) groups excluding carboxylic acids is 2. The van der Waals surface area contributed by atoms with Gasteiger partial charge in [-0.1, -0.05) is 0 Å². The Labute approximate surface area is 111 Å². The molecule has 0 saturated heterocycles. The van der Waals surface area contributed by atoms with E-state index in [9.17, 15) is 18.0 Å². The molecule has 0 unspecified atom stereocenters. The number of hydrogen-bond donors (Lipinski definition) is 0. The van der Waals surface area contributed by atoms with E-state index in [1.165, 1.54) is 6.92 Å². The molecule has 0 amide bonds. The van der Waals surface area contributed by atoms with Gasteiger partial charge in [0.05, 0.1) is 6.61 Å². The van der Waals surface area contributed by atoms with Crippen LogP contribution in [0.2, 0.25) is 0 Å². The van der Waals surface area contributed by atoms with Gasteiger partial charge in [0, 0.05) is 6.92 Å². The van der Waals surface area contributed by atoms with Crippen LogP contribution in [0.4, 0.5) is 0 Å². The first-order chi connectivity index (χ1) is 6.37. The van der Waals surface area contributed by atoms with Crippen molar-refractivity contribution < 1.29 is 62.1 Å². The van der Waals surface area contributed by atoms with Crippen molar-refractivity contribution in [2.75, 3.05) is 13.2 Å². The smallest absolute Gasteiger partial charge is 1.00 e. The number of ether oxygens (including phenoxy) is 1. The maximum absolute atomic E-state index is 10.7. The third-order valence-corrected chi connectivity index (χ3v) is 1.76. The summed E-state index contributed by atoms with van der Waals surface area (Å²) < 4.78 is 33.5. The first-order valence-electron chi connectivity index (χ1n) is 3.62. The molecule has 0 saturated carbocycles. The van der Waals surface area contributed by atoms with Crippen molar-refractivity contribution in [3.63, 3.8) is 0 Å². The van der Waals surface area contributed by atoms with Crippen LogP contribution >= 0.6 is 0 Å². The molecule has 0 heterocycles. The maximum atomic E-state index is 10.7.